The summed E-state index contributed by atoms with van der Waals surface area (Å²) in [5, 5.41) is 4.41. The Morgan fingerprint density at radius 1 is 1.27 bits per heavy atom. The number of unbranched alkanes of at least 4 members (excludes halogenated alkanes) is 1. The van der Waals surface area contributed by atoms with Gasteiger partial charge in [0.15, 0.2) is 5.82 Å². The minimum absolute atomic E-state index is 0.164. The van der Waals surface area contributed by atoms with Crippen LogP contribution in [0.5, 0.6) is 5.75 Å². The van der Waals surface area contributed by atoms with E-state index in [-0.39, 0.29) is 30.5 Å². The second kappa shape index (κ2) is 8.83. The first kappa shape index (κ1) is 20.3. The minimum atomic E-state index is -0.497. The molecule has 3 aromatic rings. The Balaban J connectivity index is 1.46. The van der Waals surface area contributed by atoms with E-state index in [1.54, 1.807) is 0 Å². The van der Waals surface area contributed by atoms with Crippen LogP contribution in [0.2, 0.25) is 5.02 Å². The molecule has 4 rings (SSSR count). The van der Waals surface area contributed by atoms with Crippen LogP contribution in [0, 0.1) is 5.82 Å². The van der Waals surface area contributed by atoms with Crippen molar-refractivity contribution in [2.75, 3.05) is 18.1 Å². The second-order valence-corrected chi connectivity index (χ2v) is 7.62. The van der Waals surface area contributed by atoms with E-state index in [9.17, 15) is 9.18 Å². The first-order chi connectivity index (χ1) is 14.5. The van der Waals surface area contributed by atoms with Gasteiger partial charge in [-0.1, -0.05) is 30.1 Å². The molecular formula is C22H21ClFN3O3. The molecule has 1 aromatic heterocycles. The third kappa shape index (κ3) is 4.31. The molecule has 0 aliphatic carbocycles. The zero-order valence-corrected chi connectivity index (χ0v) is 17.2. The average molecular weight is 430 g/mol. The molecule has 0 saturated carbocycles. The molecule has 156 valence electrons. The third-order valence-electron chi connectivity index (χ3n) is 5.00. The van der Waals surface area contributed by atoms with Gasteiger partial charge in [0.25, 0.3) is 5.89 Å². The first-order valence-electron chi connectivity index (χ1n) is 9.87. The van der Waals surface area contributed by atoms with Gasteiger partial charge < -0.3 is 14.2 Å². The van der Waals surface area contributed by atoms with Gasteiger partial charge in [-0.15, -0.1) is 0 Å². The van der Waals surface area contributed by atoms with Crippen molar-refractivity contribution in [3.05, 3.63) is 59.1 Å². The molecule has 1 aliphatic rings. The van der Waals surface area contributed by atoms with Gasteiger partial charge in [0.05, 0.1) is 12.3 Å². The third-order valence-corrected chi connectivity index (χ3v) is 5.23. The van der Waals surface area contributed by atoms with Crippen LogP contribution in [0.3, 0.4) is 0 Å². The Kier molecular flexibility index (Phi) is 5.99. The molecule has 2 aromatic carbocycles. The maximum Gasteiger partial charge on any atom is 0.257 e. The van der Waals surface area contributed by atoms with Gasteiger partial charge in [-0.3, -0.25) is 4.79 Å². The lowest BCUT2D eigenvalue weighted by molar-refractivity contribution is -0.117. The van der Waals surface area contributed by atoms with E-state index >= 15 is 0 Å². The van der Waals surface area contributed by atoms with Crippen LogP contribution in [0.1, 0.15) is 37.9 Å². The van der Waals surface area contributed by atoms with Crippen LogP contribution in [0.25, 0.3) is 11.5 Å². The number of benzene rings is 2. The van der Waals surface area contributed by atoms with Crippen LogP contribution in [0.4, 0.5) is 10.1 Å². The lowest BCUT2D eigenvalue weighted by Crippen LogP contribution is -2.25. The smallest absolute Gasteiger partial charge is 0.257 e. The number of ether oxygens (including phenoxy) is 1. The van der Waals surface area contributed by atoms with E-state index in [1.807, 2.05) is 24.3 Å². The van der Waals surface area contributed by atoms with Gasteiger partial charge in [-0.05, 0) is 48.9 Å². The molecular weight excluding hydrogens is 409 g/mol. The number of anilines is 1. The Bertz CT molecular complexity index is 1040. The largest absolute Gasteiger partial charge is 0.494 e. The number of hydrogen-bond donors (Lipinski definition) is 0. The number of rotatable bonds is 7. The lowest BCUT2D eigenvalue weighted by atomic mass is 10.1. The molecule has 0 bridgehead atoms. The number of halogens is 2. The van der Waals surface area contributed by atoms with Crippen molar-refractivity contribution in [3.63, 3.8) is 0 Å². The van der Waals surface area contributed by atoms with Crippen LogP contribution in [-0.4, -0.2) is 29.2 Å². The molecule has 6 nitrogen and oxygen atoms in total. The van der Waals surface area contributed by atoms with E-state index in [0.29, 0.717) is 23.3 Å². The van der Waals surface area contributed by atoms with E-state index in [4.69, 9.17) is 20.9 Å². The summed E-state index contributed by atoms with van der Waals surface area (Å²) in [6, 6.07) is 11.6. The van der Waals surface area contributed by atoms with Crippen molar-refractivity contribution >= 4 is 23.2 Å². The second-order valence-electron chi connectivity index (χ2n) is 7.19. The van der Waals surface area contributed by atoms with Crippen LogP contribution in [-0.2, 0) is 4.79 Å². The van der Waals surface area contributed by atoms with Crippen LogP contribution in [0.15, 0.2) is 47.0 Å². The van der Waals surface area contributed by atoms with E-state index in [1.165, 1.54) is 23.1 Å². The Morgan fingerprint density at radius 2 is 2.07 bits per heavy atom. The van der Waals surface area contributed by atoms with Crippen molar-refractivity contribution in [2.24, 2.45) is 0 Å². The maximum atomic E-state index is 14.2. The standard InChI is InChI=1S/C22H21ClFN3O3/c1-2-3-10-29-17-7-4-14(5-8-17)22-25-21(26-30-22)15-11-20(28)27(13-15)19-12-16(23)6-9-18(19)24/h4-9,12,15H,2-3,10-11,13H2,1H3. The molecule has 1 unspecified atom stereocenters. The van der Waals surface area contributed by atoms with Gasteiger partial charge in [0, 0.05) is 29.5 Å². The van der Waals surface area contributed by atoms with Crippen molar-refractivity contribution in [1.82, 2.24) is 10.1 Å². The highest BCUT2D eigenvalue weighted by molar-refractivity contribution is 6.31. The zero-order valence-electron chi connectivity index (χ0n) is 16.5. The predicted molar refractivity (Wildman–Crippen MR) is 111 cm³/mol. The fraction of sp³-hybridized carbons (Fsp3) is 0.318. The summed E-state index contributed by atoms with van der Waals surface area (Å²) in [4.78, 5) is 18.3. The molecule has 1 aliphatic heterocycles. The summed E-state index contributed by atoms with van der Waals surface area (Å²) >= 11 is 5.96. The highest BCUT2D eigenvalue weighted by Crippen LogP contribution is 2.34. The molecule has 0 radical (unpaired) electrons. The van der Waals surface area contributed by atoms with Crippen molar-refractivity contribution in [1.29, 1.82) is 0 Å². The molecule has 2 heterocycles. The summed E-state index contributed by atoms with van der Waals surface area (Å²) < 4.78 is 25.2. The molecule has 1 atom stereocenters. The SMILES string of the molecule is CCCCOc1ccc(-c2nc(C3CC(=O)N(c4cc(Cl)ccc4F)C3)no2)cc1. The monoisotopic (exact) mass is 429 g/mol. The first-order valence-corrected chi connectivity index (χ1v) is 10.2. The summed E-state index contributed by atoms with van der Waals surface area (Å²) in [6.45, 7) is 3.06. The number of carbonyl (C=O) groups excluding carboxylic acids is 1. The fourth-order valence-corrected chi connectivity index (χ4v) is 3.52. The number of amides is 1. The highest BCUT2D eigenvalue weighted by Gasteiger charge is 2.35. The van der Waals surface area contributed by atoms with Gasteiger partial charge in [0.2, 0.25) is 5.91 Å². The maximum absolute atomic E-state index is 14.2. The predicted octanol–water partition coefficient (Wildman–Crippen LogP) is 5.23. The minimum Gasteiger partial charge on any atom is -0.494 e. The fourth-order valence-electron chi connectivity index (χ4n) is 3.35. The number of carbonyl (C=O) groups is 1. The topological polar surface area (TPSA) is 68.5 Å². The van der Waals surface area contributed by atoms with Crippen LogP contribution >= 0.6 is 11.6 Å². The molecule has 30 heavy (non-hydrogen) atoms. The van der Waals surface area contributed by atoms with Crippen molar-refractivity contribution in [2.45, 2.75) is 32.1 Å². The van der Waals surface area contributed by atoms with Gasteiger partial charge >= 0.3 is 0 Å². The molecule has 1 amide bonds. The Labute approximate surface area is 178 Å². The van der Waals surface area contributed by atoms with Crippen LogP contribution < -0.4 is 9.64 Å². The molecule has 0 spiro atoms. The highest BCUT2D eigenvalue weighted by atomic mass is 35.5. The summed E-state index contributed by atoms with van der Waals surface area (Å²) in [5.74, 6) is 0.582. The molecule has 8 heteroatoms. The summed E-state index contributed by atoms with van der Waals surface area (Å²) in [7, 11) is 0. The van der Waals surface area contributed by atoms with E-state index in [2.05, 4.69) is 17.1 Å². The van der Waals surface area contributed by atoms with E-state index < -0.39 is 5.82 Å². The zero-order chi connectivity index (χ0) is 21.1. The number of hydrogen-bond acceptors (Lipinski definition) is 5. The quantitative estimate of drug-likeness (QED) is 0.481. The average Bonchev–Trinajstić information content (AvgIpc) is 3.38. The van der Waals surface area contributed by atoms with Crippen molar-refractivity contribution in [3.8, 4) is 17.2 Å². The van der Waals surface area contributed by atoms with Crippen molar-refractivity contribution < 1.29 is 18.4 Å². The van der Waals surface area contributed by atoms with Gasteiger partial charge in [0.1, 0.15) is 11.6 Å². The molecule has 0 N–H and O–H groups in total. The van der Waals surface area contributed by atoms with Gasteiger partial charge in [-0.2, -0.15) is 4.98 Å². The lowest BCUT2D eigenvalue weighted by Gasteiger charge is -2.17. The van der Waals surface area contributed by atoms with E-state index in [0.717, 1.165) is 24.2 Å². The molecule has 1 saturated heterocycles. The summed E-state index contributed by atoms with van der Waals surface area (Å²) in [6.07, 6.45) is 2.26. The normalized spacial score (nSPS) is 16.3. The number of aromatic nitrogens is 2. The van der Waals surface area contributed by atoms with Gasteiger partial charge in [-0.25, -0.2) is 4.39 Å². The Morgan fingerprint density at radius 3 is 2.83 bits per heavy atom. The Hall–Kier alpha value is -2.93. The summed E-state index contributed by atoms with van der Waals surface area (Å²) in [5.41, 5.74) is 0.927. The number of nitrogens with zero attached hydrogens (tertiary/aromatic N) is 3. The molecule has 1 fully saturated rings.